The molecular weight excluding hydrogens is 242 g/mol. The monoisotopic (exact) mass is 259 g/mol. The Morgan fingerprint density at radius 3 is 2.89 bits per heavy atom. The predicted molar refractivity (Wildman–Crippen MR) is 71.5 cm³/mol. The summed E-state index contributed by atoms with van der Waals surface area (Å²) in [5.41, 5.74) is 2.09. The molecule has 0 fully saturated rings. The second-order valence-corrected chi connectivity index (χ2v) is 4.36. The molecule has 0 spiro atoms. The number of methoxy groups -OCH3 is 1. The molecule has 5 nitrogen and oxygen atoms in total. The van der Waals surface area contributed by atoms with Crippen molar-refractivity contribution in [3.8, 4) is 5.75 Å². The molecule has 0 bridgehead atoms. The lowest BCUT2D eigenvalue weighted by molar-refractivity contribution is 0.102. The Morgan fingerprint density at radius 2 is 2.21 bits per heavy atom. The second-order valence-electron chi connectivity index (χ2n) is 4.36. The molecule has 2 aromatic rings. The van der Waals surface area contributed by atoms with Crippen LogP contribution in [0.1, 0.15) is 35.0 Å². The Bertz CT molecular complexity index is 590. The number of aromatic nitrogens is 3. The van der Waals surface area contributed by atoms with Crippen molar-refractivity contribution < 1.29 is 9.53 Å². The molecule has 1 aromatic heterocycles. The van der Waals surface area contributed by atoms with Crippen LogP contribution in [0.4, 0.5) is 0 Å². The molecule has 100 valence electrons. The highest BCUT2D eigenvalue weighted by atomic mass is 16.5. The van der Waals surface area contributed by atoms with Crippen molar-refractivity contribution in [2.45, 2.75) is 26.8 Å². The molecule has 5 heteroatoms. The van der Waals surface area contributed by atoms with E-state index in [9.17, 15) is 4.79 Å². The summed E-state index contributed by atoms with van der Waals surface area (Å²) in [6.07, 6.45) is 2.41. The zero-order chi connectivity index (χ0) is 13.8. The molecule has 1 heterocycles. The topological polar surface area (TPSA) is 57.0 Å². The number of hydrogen-bond acceptors (Lipinski definition) is 4. The average Bonchev–Trinajstić information content (AvgIpc) is 2.87. The quantitative estimate of drug-likeness (QED) is 0.773. The third-order valence-corrected chi connectivity index (χ3v) is 2.96. The van der Waals surface area contributed by atoms with Crippen molar-refractivity contribution in [1.29, 1.82) is 0 Å². The minimum absolute atomic E-state index is 0.0863. The van der Waals surface area contributed by atoms with Gasteiger partial charge in [0.1, 0.15) is 11.4 Å². The predicted octanol–water partition coefficient (Wildman–Crippen LogP) is 2.24. The summed E-state index contributed by atoms with van der Waals surface area (Å²) in [4.78, 5) is 12.4. The highest BCUT2D eigenvalue weighted by Crippen LogP contribution is 2.20. The van der Waals surface area contributed by atoms with Crippen molar-refractivity contribution >= 4 is 5.78 Å². The molecule has 0 amide bonds. The van der Waals surface area contributed by atoms with Crippen LogP contribution in [0, 0.1) is 6.92 Å². The summed E-state index contributed by atoms with van der Waals surface area (Å²) < 4.78 is 6.87. The molecule has 2 rings (SSSR count). The first-order valence-corrected chi connectivity index (χ1v) is 6.25. The molecule has 0 aliphatic heterocycles. The van der Waals surface area contributed by atoms with Gasteiger partial charge in [0.15, 0.2) is 0 Å². The van der Waals surface area contributed by atoms with Crippen LogP contribution in [0.5, 0.6) is 5.75 Å². The zero-order valence-corrected chi connectivity index (χ0v) is 11.4. The minimum Gasteiger partial charge on any atom is -0.496 e. The first-order chi connectivity index (χ1) is 9.17. The molecule has 0 aliphatic rings. The van der Waals surface area contributed by atoms with Crippen molar-refractivity contribution in [3.63, 3.8) is 0 Å². The van der Waals surface area contributed by atoms with Crippen molar-refractivity contribution in [2.24, 2.45) is 0 Å². The Labute approximate surface area is 112 Å². The molecule has 0 saturated heterocycles. The molecule has 19 heavy (non-hydrogen) atoms. The Kier molecular flexibility index (Phi) is 3.94. The van der Waals surface area contributed by atoms with E-state index in [0.29, 0.717) is 23.6 Å². The summed E-state index contributed by atoms with van der Waals surface area (Å²) in [5.74, 6) is 0.622. The number of ketones is 1. The van der Waals surface area contributed by atoms with Crippen LogP contribution in [-0.4, -0.2) is 27.9 Å². The SMILES string of the molecule is CCCn1nncc1C(=O)c1ccc(C)c(OC)c1. The van der Waals surface area contributed by atoms with Gasteiger partial charge in [-0.1, -0.05) is 24.3 Å². The minimum atomic E-state index is -0.0863. The highest BCUT2D eigenvalue weighted by molar-refractivity contribution is 6.07. The molecule has 0 unspecified atom stereocenters. The summed E-state index contributed by atoms with van der Waals surface area (Å²) >= 11 is 0. The van der Waals surface area contributed by atoms with Gasteiger partial charge >= 0.3 is 0 Å². The van der Waals surface area contributed by atoms with Crippen LogP contribution >= 0.6 is 0 Å². The van der Waals surface area contributed by atoms with Crippen LogP contribution in [0.25, 0.3) is 0 Å². The van der Waals surface area contributed by atoms with Gasteiger partial charge in [-0.2, -0.15) is 0 Å². The lowest BCUT2D eigenvalue weighted by Crippen LogP contribution is -2.11. The van der Waals surface area contributed by atoms with Crippen LogP contribution in [0.2, 0.25) is 0 Å². The van der Waals surface area contributed by atoms with E-state index in [1.54, 1.807) is 23.9 Å². The summed E-state index contributed by atoms with van der Waals surface area (Å²) in [6, 6.07) is 5.42. The second kappa shape index (κ2) is 5.65. The number of benzene rings is 1. The molecule has 0 radical (unpaired) electrons. The first kappa shape index (κ1) is 13.3. The fourth-order valence-electron chi connectivity index (χ4n) is 1.92. The van der Waals surface area contributed by atoms with E-state index >= 15 is 0 Å². The van der Waals surface area contributed by atoms with Crippen LogP contribution < -0.4 is 4.74 Å². The zero-order valence-electron chi connectivity index (χ0n) is 11.4. The van der Waals surface area contributed by atoms with E-state index in [0.717, 1.165) is 12.0 Å². The molecule has 0 saturated carbocycles. The number of carbonyl (C=O) groups excluding carboxylic acids is 1. The van der Waals surface area contributed by atoms with Gasteiger partial charge in [-0.3, -0.25) is 4.79 Å². The molecular formula is C14H17N3O2. The smallest absolute Gasteiger partial charge is 0.212 e. The van der Waals surface area contributed by atoms with Gasteiger partial charge in [-0.15, -0.1) is 5.10 Å². The van der Waals surface area contributed by atoms with E-state index in [1.165, 1.54) is 6.20 Å². The number of ether oxygens (including phenoxy) is 1. The van der Waals surface area contributed by atoms with Crippen LogP contribution in [-0.2, 0) is 6.54 Å². The molecule has 1 aromatic carbocycles. The van der Waals surface area contributed by atoms with Crippen LogP contribution in [0.15, 0.2) is 24.4 Å². The fourth-order valence-corrected chi connectivity index (χ4v) is 1.92. The van der Waals surface area contributed by atoms with Crippen molar-refractivity contribution in [2.75, 3.05) is 7.11 Å². The summed E-state index contributed by atoms with van der Waals surface area (Å²) in [6.45, 7) is 4.66. The maximum atomic E-state index is 12.4. The largest absolute Gasteiger partial charge is 0.496 e. The fraction of sp³-hybridized carbons (Fsp3) is 0.357. The standard InChI is InChI=1S/C14H17N3O2/c1-4-7-17-12(9-15-16-17)14(18)11-6-5-10(2)13(8-11)19-3/h5-6,8-9H,4,7H2,1-3H3. The normalized spacial score (nSPS) is 10.5. The van der Waals surface area contributed by atoms with E-state index in [2.05, 4.69) is 10.3 Å². The Balaban J connectivity index is 2.36. The number of hydrogen-bond donors (Lipinski definition) is 0. The molecule has 0 atom stereocenters. The van der Waals surface area contributed by atoms with E-state index < -0.39 is 0 Å². The maximum absolute atomic E-state index is 12.4. The van der Waals surface area contributed by atoms with Gasteiger partial charge in [0.2, 0.25) is 5.78 Å². The third-order valence-electron chi connectivity index (χ3n) is 2.96. The lowest BCUT2D eigenvalue weighted by Gasteiger charge is -2.07. The summed E-state index contributed by atoms with van der Waals surface area (Å²) in [7, 11) is 1.60. The number of aryl methyl sites for hydroxylation is 2. The van der Waals surface area contributed by atoms with Gasteiger partial charge in [-0.05, 0) is 25.0 Å². The average molecular weight is 259 g/mol. The van der Waals surface area contributed by atoms with Gasteiger partial charge in [0.25, 0.3) is 0 Å². The van der Waals surface area contributed by atoms with Crippen LogP contribution in [0.3, 0.4) is 0 Å². The molecule has 0 N–H and O–H groups in total. The number of nitrogens with zero attached hydrogens (tertiary/aromatic N) is 3. The molecule has 0 aliphatic carbocycles. The van der Waals surface area contributed by atoms with E-state index in [1.807, 2.05) is 19.9 Å². The Hall–Kier alpha value is -2.17. The van der Waals surface area contributed by atoms with Crippen molar-refractivity contribution in [3.05, 3.63) is 41.2 Å². The summed E-state index contributed by atoms with van der Waals surface area (Å²) in [5, 5.41) is 7.74. The van der Waals surface area contributed by atoms with Gasteiger partial charge in [0.05, 0.1) is 13.3 Å². The number of carbonyl (C=O) groups is 1. The first-order valence-electron chi connectivity index (χ1n) is 6.25. The lowest BCUT2D eigenvalue weighted by atomic mass is 10.1. The Morgan fingerprint density at radius 1 is 1.42 bits per heavy atom. The number of rotatable bonds is 5. The van der Waals surface area contributed by atoms with Gasteiger partial charge in [0, 0.05) is 12.1 Å². The maximum Gasteiger partial charge on any atom is 0.212 e. The van der Waals surface area contributed by atoms with E-state index in [-0.39, 0.29) is 5.78 Å². The third kappa shape index (κ3) is 2.65. The van der Waals surface area contributed by atoms with E-state index in [4.69, 9.17) is 4.74 Å². The van der Waals surface area contributed by atoms with Gasteiger partial charge < -0.3 is 4.74 Å². The highest BCUT2D eigenvalue weighted by Gasteiger charge is 2.16. The van der Waals surface area contributed by atoms with Crippen molar-refractivity contribution in [1.82, 2.24) is 15.0 Å². The van der Waals surface area contributed by atoms with Gasteiger partial charge in [-0.25, -0.2) is 4.68 Å².